The lowest BCUT2D eigenvalue weighted by Crippen LogP contribution is -2.50. The number of rotatable bonds is 7. The van der Waals surface area contributed by atoms with Crippen LogP contribution in [0.5, 0.6) is 0 Å². The monoisotopic (exact) mass is 648 g/mol. The van der Waals surface area contributed by atoms with Crippen molar-refractivity contribution in [2.45, 2.75) is 70.2 Å². The van der Waals surface area contributed by atoms with Crippen LogP contribution in [0.3, 0.4) is 0 Å². The summed E-state index contributed by atoms with van der Waals surface area (Å²) in [6, 6.07) is 13.0. The predicted molar refractivity (Wildman–Crippen MR) is 166 cm³/mol. The highest BCUT2D eigenvalue weighted by Gasteiger charge is 2.35. The minimum absolute atomic E-state index is 0.0325. The average Bonchev–Trinajstić information content (AvgIpc) is 2.91. The third-order valence-corrected chi connectivity index (χ3v) is 8.37. The molecular weight excluding hydrogens is 609 g/mol. The fourth-order valence-corrected chi connectivity index (χ4v) is 6.17. The zero-order valence-electron chi connectivity index (χ0n) is 26.2. The Bertz CT molecular complexity index is 1610. The molecule has 0 aliphatic carbocycles. The molecule has 1 aliphatic rings. The first-order valence-electron chi connectivity index (χ1n) is 14.5. The van der Waals surface area contributed by atoms with E-state index in [1.165, 1.54) is 18.2 Å². The molecule has 2 N–H and O–H groups in total. The minimum atomic E-state index is -4.71. The number of carbonyl (C=O) groups excluding carboxylic acids is 1. The van der Waals surface area contributed by atoms with E-state index in [2.05, 4.69) is 24.9 Å². The number of hydrogen-bond donors (Lipinski definition) is 2. The van der Waals surface area contributed by atoms with Gasteiger partial charge in [0.05, 0.1) is 16.2 Å². The van der Waals surface area contributed by atoms with Gasteiger partial charge in [-0.2, -0.15) is 13.2 Å². The molecule has 0 bridgehead atoms. The van der Waals surface area contributed by atoms with E-state index >= 15 is 0 Å². The molecule has 1 aromatic heterocycles. The van der Waals surface area contributed by atoms with E-state index < -0.39 is 32.9 Å². The Labute approximate surface area is 262 Å². The first-order chi connectivity index (χ1) is 20.8. The summed E-state index contributed by atoms with van der Waals surface area (Å²) in [5, 5.41) is 2.96. The van der Waals surface area contributed by atoms with Gasteiger partial charge in [-0.1, -0.05) is 12.1 Å². The Morgan fingerprint density at radius 2 is 1.60 bits per heavy atom. The molecule has 0 saturated carbocycles. The lowest BCUT2D eigenvalue weighted by Gasteiger charge is -2.36. The SMILES string of the molecule is CC(C)(C)NS(=O)(=O)c1cccc(Cc2nc(Nc3ccc(N4CCN(C(=O)OC(C)(C)C)CC4)cc3)ncc2C(F)(F)F)c1. The van der Waals surface area contributed by atoms with E-state index in [-0.39, 0.29) is 29.1 Å². The molecule has 1 saturated heterocycles. The van der Waals surface area contributed by atoms with Crippen molar-refractivity contribution in [2.75, 3.05) is 36.4 Å². The summed E-state index contributed by atoms with van der Waals surface area (Å²) in [5.74, 6) is -0.0325. The van der Waals surface area contributed by atoms with Crippen LogP contribution in [0.1, 0.15) is 58.4 Å². The summed E-state index contributed by atoms with van der Waals surface area (Å²) < 4.78 is 75.3. The first-order valence-corrected chi connectivity index (χ1v) is 15.9. The van der Waals surface area contributed by atoms with Gasteiger partial charge in [0, 0.05) is 55.7 Å². The van der Waals surface area contributed by atoms with Crippen LogP contribution in [0.25, 0.3) is 0 Å². The number of carbonyl (C=O) groups is 1. The molecule has 0 unspecified atom stereocenters. The van der Waals surface area contributed by atoms with Gasteiger partial charge >= 0.3 is 12.3 Å². The summed E-state index contributed by atoms with van der Waals surface area (Å²) in [5.41, 5.74) is -0.759. The molecular formula is C31H39F3N6O4S. The van der Waals surface area contributed by atoms with E-state index in [0.717, 1.165) is 11.9 Å². The van der Waals surface area contributed by atoms with Crippen LogP contribution < -0.4 is 14.9 Å². The Morgan fingerprint density at radius 3 is 2.18 bits per heavy atom. The van der Waals surface area contributed by atoms with Crippen molar-refractivity contribution in [1.82, 2.24) is 19.6 Å². The molecule has 1 aliphatic heterocycles. The molecule has 14 heteroatoms. The van der Waals surface area contributed by atoms with Gasteiger partial charge in [0.15, 0.2) is 0 Å². The van der Waals surface area contributed by atoms with Gasteiger partial charge in [0.25, 0.3) is 0 Å². The second-order valence-corrected chi connectivity index (χ2v) is 14.5. The Morgan fingerprint density at radius 1 is 0.956 bits per heavy atom. The maximum atomic E-state index is 13.9. The van der Waals surface area contributed by atoms with E-state index in [0.29, 0.717) is 37.4 Å². The molecule has 0 spiro atoms. The van der Waals surface area contributed by atoms with Crippen molar-refractivity contribution in [2.24, 2.45) is 0 Å². The summed E-state index contributed by atoms with van der Waals surface area (Å²) in [6.45, 7) is 12.8. The number of alkyl halides is 3. The third-order valence-electron chi connectivity index (χ3n) is 6.61. The number of benzene rings is 2. The number of hydrogen-bond acceptors (Lipinski definition) is 8. The molecule has 4 rings (SSSR count). The van der Waals surface area contributed by atoms with E-state index in [9.17, 15) is 26.4 Å². The molecule has 244 valence electrons. The zero-order valence-corrected chi connectivity index (χ0v) is 27.0. The Hall–Kier alpha value is -3.91. The first kappa shape index (κ1) is 34.0. The van der Waals surface area contributed by atoms with E-state index in [4.69, 9.17) is 4.74 Å². The molecule has 0 atom stereocenters. The topological polar surface area (TPSA) is 117 Å². The fraction of sp³-hybridized carbons (Fsp3) is 0.452. The van der Waals surface area contributed by atoms with Gasteiger partial charge in [-0.25, -0.2) is 27.9 Å². The smallest absolute Gasteiger partial charge is 0.419 e. The number of amides is 1. The highest BCUT2D eigenvalue weighted by Crippen LogP contribution is 2.33. The number of halogens is 3. The van der Waals surface area contributed by atoms with Crippen LogP contribution in [0, 0.1) is 0 Å². The van der Waals surface area contributed by atoms with Crippen LogP contribution in [0.4, 0.5) is 35.3 Å². The van der Waals surface area contributed by atoms with Gasteiger partial charge in [0.2, 0.25) is 16.0 Å². The number of piperazine rings is 1. The molecule has 2 aromatic carbocycles. The van der Waals surface area contributed by atoms with Crippen molar-refractivity contribution in [3.63, 3.8) is 0 Å². The van der Waals surface area contributed by atoms with E-state index in [1.807, 2.05) is 32.9 Å². The van der Waals surface area contributed by atoms with Gasteiger partial charge in [-0.15, -0.1) is 0 Å². The number of aromatic nitrogens is 2. The molecule has 2 heterocycles. The Balaban J connectivity index is 1.47. The quantitative estimate of drug-likeness (QED) is 0.322. The summed E-state index contributed by atoms with van der Waals surface area (Å²) in [6.07, 6.45) is -4.59. The van der Waals surface area contributed by atoms with E-state index in [1.54, 1.807) is 43.9 Å². The summed E-state index contributed by atoms with van der Waals surface area (Å²) in [7, 11) is -3.89. The number of nitrogens with one attached hydrogen (secondary N) is 2. The van der Waals surface area contributed by atoms with Crippen molar-refractivity contribution in [3.8, 4) is 0 Å². The van der Waals surface area contributed by atoms with Crippen molar-refractivity contribution < 1.29 is 31.1 Å². The molecule has 1 fully saturated rings. The summed E-state index contributed by atoms with van der Waals surface area (Å²) >= 11 is 0. The normalized spacial score (nSPS) is 14.8. The summed E-state index contributed by atoms with van der Waals surface area (Å²) in [4.78, 5) is 24.2. The standard InChI is InChI=1S/C31H39F3N6O4S/c1-29(2,3)38-45(42,43)24-9-7-8-21(18-24)19-26-25(31(32,33)34)20-35-27(37-26)36-22-10-12-23(13-11-22)39-14-16-40(17-15-39)28(41)44-30(4,5)6/h7-13,18,20,38H,14-17,19H2,1-6H3,(H,35,36,37). The largest absolute Gasteiger partial charge is 0.444 e. The highest BCUT2D eigenvalue weighted by atomic mass is 32.2. The lowest BCUT2D eigenvalue weighted by molar-refractivity contribution is -0.138. The third kappa shape index (κ3) is 9.54. The highest BCUT2D eigenvalue weighted by molar-refractivity contribution is 7.89. The van der Waals surface area contributed by atoms with Gasteiger partial charge in [-0.3, -0.25) is 0 Å². The molecule has 3 aromatic rings. The van der Waals surface area contributed by atoms with Crippen molar-refractivity contribution >= 4 is 33.4 Å². The lowest BCUT2D eigenvalue weighted by atomic mass is 10.1. The van der Waals surface area contributed by atoms with Crippen LogP contribution >= 0.6 is 0 Å². The zero-order chi connectivity index (χ0) is 33.2. The van der Waals surface area contributed by atoms with Gasteiger partial charge in [0.1, 0.15) is 5.60 Å². The molecule has 10 nitrogen and oxygen atoms in total. The number of sulfonamides is 1. The Kier molecular flexibility index (Phi) is 9.69. The van der Waals surface area contributed by atoms with Crippen LogP contribution in [-0.4, -0.2) is 66.7 Å². The molecule has 1 amide bonds. The van der Waals surface area contributed by atoms with Crippen LogP contribution in [-0.2, 0) is 27.4 Å². The number of anilines is 3. The maximum Gasteiger partial charge on any atom is 0.419 e. The maximum absolute atomic E-state index is 13.9. The minimum Gasteiger partial charge on any atom is -0.444 e. The van der Waals surface area contributed by atoms with Crippen LogP contribution in [0.2, 0.25) is 0 Å². The van der Waals surface area contributed by atoms with Gasteiger partial charge in [-0.05, 0) is 83.5 Å². The second-order valence-electron chi connectivity index (χ2n) is 12.9. The number of ether oxygens (including phenoxy) is 1. The predicted octanol–water partition coefficient (Wildman–Crippen LogP) is 5.96. The fourth-order valence-electron chi connectivity index (χ4n) is 4.69. The number of nitrogens with zero attached hydrogens (tertiary/aromatic N) is 4. The van der Waals surface area contributed by atoms with Gasteiger partial charge < -0.3 is 19.9 Å². The second kappa shape index (κ2) is 12.8. The average molecular weight is 649 g/mol. The van der Waals surface area contributed by atoms with Crippen molar-refractivity contribution in [3.05, 3.63) is 71.5 Å². The molecule has 0 radical (unpaired) electrons. The van der Waals surface area contributed by atoms with Crippen molar-refractivity contribution in [1.29, 1.82) is 0 Å². The van der Waals surface area contributed by atoms with Crippen LogP contribution in [0.15, 0.2) is 59.6 Å². The molecule has 45 heavy (non-hydrogen) atoms.